The summed E-state index contributed by atoms with van der Waals surface area (Å²) in [6, 6.07) is 10.9. The number of carbonyl (C=O) groups excluding carboxylic acids is 1. The summed E-state index contributed by atoms with van der Waals surface area (Å²) in [5.74, 6) is 0.607. The first kappa shape index (κ1) is 18.2. The molecule has 0 aromatic heterocycles. The minimum atomic E-state index is -0.0391. The van der Waals surface area contributed by atoms with Crippen molar-refractivity contribution in [1.29, 1.82) is 0 Å². The van der Waals surface area contributed by atoms with Gasteiger partial charge in [-0.25, -0.2) is 4.79 Å². The fourth-order valence-electron chi connectivity index (χ4n) is 3.84. The molecule has 1 aromatic carbocycles. The molecule has 5 nitrogen and oxygen atoms in total. The van der Waals surface area contributed by atoms with Crippen LogP contribution in [0.25, 0.3) is 0 Å². The Morgan fingerprint density at radius 1 is 1.04 bits per heavy atom. The van der Waals surface area contributed by atoms with Crippen molar-refractivity contribution in [3.63, 3.8) is 0 Å². The summed E-state index contributed by atoms with van der Waals surface area (Å²) in [5.41, 5.74) is 1.25. The van der Waals surface area contributed by atoms with E-state index in [1.54, 1.807) is 0 Å². The van der Waals surface area contributed by atoms with Crippen LogP contribution in [0.15, 0.2) is 30.3 Å². The maximum Gasteiger partial charge on any atom is 0.314 e. The standard InChI is InChI=1S/C20H31N3O2/c24-20(21-11-6-17-4-2-1-3-5-17)22-16-18-7-12-23(13-8-18)19-9-14-25-15-10-19/h1-5,18-19H,6-16H2,(H2,21,22,24). The molecular formula is C20H31N3O2. The van der Waals surface area contributed by atoms with Gasteiger partial charge in [0.25, 0.3) is 0 Å². The van der Waals surface area contributed by atoms with Crippen LogP contribution in [-0.2, 0) is 11.2 Å². The number of nitrogens with one attached hydrogen (secondary N) is 2. The summed E-state index contributed by atoms with van der Waals surface area (Å²) in [6.45, 7) is 5.61. The summed E-state index contributed by atoms with van der Waals surface area (Å²) in [6.07, 6.45) is 5.58. The van der Waals surface area contributed by atoms with Crippen LogP contribution in [0.2, 0.25) is 0 Å². The summed E-state index contributed by atoms with van der Waals surface area (Å²) in [7, 11) is 0. The van der Waals surface area contributed by atoms with Crippen LogP contribution in [0.5, 0.6) is 0 Å². The van der Waals surface area contributed by atoms with Gasteiger partial charge in [0.15, 0.2) is 0 Å². The predicted molar refractivity (Wildman–Crippen MR) is 99.7 cm³/mol. The number of hydrogen-bond acceptors (Lipinski definition) is 3. The summed E-state index contributed by atoms with van der Waals surface area (Å²) in [5, 5.41) is 6.00. The molecule has 0 bridgehead atoms. The number of benzene rings is 1. The average molecular weight is 345 g/mol. The smallest absolute Gasteiger partial charge is 0.314 e. The van der Waals surface area contributed by atoms with Gasteiger partial charge in [-0.1, -0.05) is 30.3 Å². The largest absolute Gasteiger partial charge is 0.381 e. The molecule has 3 rings (SSSR count). The van der Waals surface area contributed by atoms with E-state index in [0.29, 0.717) is 18.5 Å². The SMILES string of the molecule is O=C(NCCc1ccccc1)NCC1CCN(C2CCOCC2)CC1. The molecule has 2 heterocycles. The highest BCUT2D eigenvalue weighted by Gasteiger charge is 2.26. The van der Waals surface area contributed by atoms with E-state index in [-0.39, 0.29) is 6.03 Å². The summed E-state index contributed by atoms with van der Waals surface area (Å²) in [4.78, 5) is 14.6. The molecule has 2 N–H and O–H groups in total. The third-order valence-corrected chi connectivity index (χ3v) is 5.45. The van der Waals surface area contributed by atoms with E-state index in [2.05, 4.69) is 27.7 Å². The lowest BCUT2D eigenvalue weighted by Gasteiger charge is -2.39. The Kier molecular flexibility index (Phi) is 7.12. The Hall–Kier alpha value is -1.59. The molecule has 0 unspecified atom stereocenters. The fourth-order valence-corrected chi connectivity index (χ4v) is 3.84. The van der Waals surface area contributed by atoms with Crippen molar-refractivity contribution in [2.45, 2.75) is 38.1 Å². The van der Waals surface area contributed by atoms with Gasteiger partial charge in [0.05, 0.1) is 0 Å². The third kappa shape index (κ3) is 6.01. The van der Waals surface area contributed by atoms with Gasteiger partial charge in [0.2, 0.25) is 0 Å². The van der Waals surface area contributed by atoms with E-state index < -0.39 is 0 Å². The highest BCUT2D eigenvalue weighted by atomic mass is 16.5. The van der Waals surface area contributed by atoms with E-state index >= 15 is 0 Å². The fraction of sp³-hybridized carbons (Fsp3) is 0.650. The van der Waals surface area contributed by atoms with Gasteiger partial charge in [-0.2, -0.15) is 0 Å². The Balaban J connectivity index is 1.27. The predicted octanol–water partition coefficient (Wildman–Crippen LogP) is 2.42. The lowest BCUT2D eigenvalue weighted by molar-refractivity contribution is 0.0213. The van der Waals surface area contributed by atoms with Gasteiger partial charge in [0.1, 0.15) is 0 Å². The normalized spacial score (nSPS) is 20.3. The van der Waals surface area contributed by atoms with E-state index in [9.17, 15) is 4.79 Å². The quantitative estimate of drug-likeness (QED) is 0.832. The lowest BCUT2D eigenvalue weighted by atomic mass is 9.94. The highest BCUT2D eigenvalue weighted by Crippen LogP contribution is 2.22. The Labute approximate surface area is 151 Å². The number of piperidine rings is 1. The van der Waals surface area contributed by atoms with Crippen molar-refractivity contribution in [1.82, 2.24) is 15.5 Å². The Bertz CT molecular complexity index is 509. The summed E-state index contributed by atoms with van der Waals surface area (Å²) >= 11 is 0. The van der Waals surface area contributed by atoms with Gasteiger partial charge >= 0.3 is 6.03 Å². The molecule has 138 valence electrons. The molecule has 2 aliphatic rings. The Morgan fingerprint density at radius 2 is 1.76 bits per heavy atom. The third-order valence-electron chi connectivity index (χ3n) is 5.45. The van der Waals surface area contributed by atoms with Crippen molar-refractivity contribution in [2.24, 2.45) is 5.92 Å². The molecule has 1 aromatic rings. The molecule has 0 atom stereocenters. The van der Waals surface area contributed by atoms with Crippen LogP contribution >= 0.6 is 0 Å². The first-order valence-electron chi connectivity index (χ1n) is 9.68. The molecule has 0 saturated carbocycles. The van der Waals surface area contributed by atoms with E-state index in [1.807, 2.05) is 18.2 Å². The second-order valence-corrected chi connectivity index (χ2v) is 7.20. The average Bonchev–Trinajstić information content (AvgIpc) is 2.68. The first-order valence-corrected chi connectivity index (χ1v) is 9.68. The second-order valence-electron chi connectivity index (χ2n) is 7.20. The zero-order valence-electron chi connectivity index (χ0n) is 15.1. The minimum absolute atomic E-state index is 0.0391. The number of hydrogen-bond donors (Lipinski definition) is 2. The van der Waals surface area contributed by atoms with Crippen LogP contribution in [0.1, 0.15) is 31.2 Å². The molecule has 2 fully saturated rings. The molecule has 2 amide bonds. The molecule has 5 heteroatoms. The molecular weight excluding hydrogens is 314 g/mol. The number of rotatable bonds is 6. The molecule has 0 radical (unpaired) electrons. The van der Waals surface area contributed by atoms with Crippen LogP contribution in [-0.4, -0.2) is 56.4 Å². The van der Waals surface area contributed by atoms with E-state index in [1.165, 1.54) is 31.2 Å². The van der Waals surface area contributed by atoms with Crippen molar-refractivity contribution in [3.05, 3.63) is 35.9 Å². The number of likely N-dealkylation sites (tertiary alicyclic amines) is 1. The van der Waals surface area contributed by atoms with E-state index in [4.69, 9.17) is 4.74 Å². The number of ether oxygens (including phenoxy) is 1. The monoisotopic (exact) mass is 345 g/mol. The maximum atomic E-state index is 11.9. The zero-order chi connectivity index (χ0) is 17.3. The topological polar surface area (TPSA) is 53.6 Å². The molecule has 2 saturated heterocycles. The van der Waals surface area contributed by atoms with Crippen LogP contribution in [0.4, 0.5) is 4.79 Å². The summed E-state index contributed by atoms with van der Waals surface area (Å²) < 4.78 is 5.46. The van der Waals surface area contributed by atoms with Crippen LogP contribution in [0.3, 0.4) is 0 Å². The van der Waals surface area contributed by atoms with Gasteiger partial charge in [-0.15, -0.1) is 0 Å². The van der Waals surface area contributed by atoms with Crippen molar-refractivity contribution in [3.8, 4) is 0 Å². The Morgan fingerprint density at radius 3 is 2.48 bits per heavy atom. The van der Waals surface area contributed by atoms with Crippen molar-refractivity contribution < 1.29 is 9.53 Å². The molecule has 25 heavy (non-hydrogen) atoms. The minimum Gasteiger partial charge on any atom is -0.381 e. The van der Waals surface area contributed by atoms with Gasteiger partial charge in [0, 0.05) is 32.3 Å². The van der Waals surface area contributed by atoms with E-state index in [0.717, 1.165) is 39.3 Å². The highest BCUT2D eigenvalue weighted by molar-refractivity contribution is 5.73. The molecule has 0 aliphatic carbocycles. The molecule has 2 aliphatic heterocycles. The number of amides is 2. The van der Waals surface area contributed by atoms with Gasteiger partial charge in [-0.3, -0.25) is 0 Å². The second kappa shape index (κ2) is 9.78. The number of nitrogens with zero attached hydrogens (tertiary/aromatic N) is 1. The van der Waals surface area contributed by atoms with Gasteiger partial charge < -0.3 is 20.3 Å². The van der Waals surface area contributed by atoms with Crippen molar-refractivity contribution >= 4 is 6.03 Å². The van der Waals surface area contributed by atoms with Crippen LogP contribution in [0, 0.1) is 5.92 Å². The number of carbonyl (C=O) groups is 1. The van der Waals surface area contributed by atoms with Crippen molar-refractivity contribution in [2.75, 3.05) is 39.4 Å². The molecule has 0 spiro atoms. The number of urea groups is 1. The first-order chi connectivity index (χ1) is 12.3. The van der Waals surface area contributed by atoms with Gasteiger partial charge in [-0.05, 0) is 56.7 Å². The maximum absolute atomic E-state index is 11.9. The van der Waals surface area contributed by atoms with Crippen LogP contribution < -0.4 is 10.6 Å². The lowest BCUT2D eigenvalue weighted by Crippen LogP contribution is -2.46. The zero-order valence-corrected chi connectivity index (χ0v) is 15.1.